The van der Waals surface area contributed by atoms with E-state index in [2.05, 4.69) is 0 Å². The molecule has 2 unspecified atom stereocenters. The summed E-state index contributed by atoms with van der Waals surface area (Å²) in [6.45, 7) is 0. The molecule has 1 saturated heterocycles. The van der Waals surface area contributed by atoms with Gasteiger partial charge in [0.25, 0.3) is 0 Å². The first-order valence-electron chi connectivity index (χ1n) is 6.61. The van der Waals surface area contributed by atoms with Gasteiger partial charge in [-0.05, 0) is 30.4 Å². The SMILES string of the molecule is COc1cccc(CC(O)CC2CCS(=O)(=O)C2)c1F. The first-order valence-corrected chi connectivity index (χ1v) is 8.43. The van der Waals surface area contributed by atoms with Gasteiger partial charge in [-0.2, -0.15) is 0 Å². The van der Waals surface area contributed by atoms with E-state index in [1.54, 1.807) is 12.1 Å². The Morgan fingerprint density at radius 3 is 2.85 bits per heavy atom. The molecule has 0 spiro atoms. The molecule has 2 atom stereocenters. The highest BCUT2D eigenvalue weighted by Crippen LogP contribution is 2.26. The highest BCUT2D eigenvalue weighted by molar-refractivity contribution is 7.91. The van der Waals surface area contributed by atoms with Gasteiger partial charge in [-0.3, -0.25) is 0 Å². The maximum Gasteiger partial charge on any atom is 0.168 e. The van der Waals surface area contributed by atoms with E-state index < -0.39 is 21.8 Å². The molecule has 112 valence electrons. The Bertz CT molecular complexity index is 571. The van der Waals surface area contributed by atoms with Crippen molar-refractivity contribution in [3.63, 3.8) is 0 Å². The molecule has 0 amide bonds. The zero-order valence-corrected chi connectivity index (χ0v) is 12.2. The van der Waals surface area contributed by atoms with Gasteiger partial charge in [0.05, 0.1) is 24.7 Å². The standard InChI is InChI=1S/C14H19FO4S/c1-19-13-4-2-3-11(14(13)15)8-12(16)7-10-5-6-20(17,18)9-10/h2-4,10,12,16H,5-9H2,1H3. The van der Waals surface area contributed by atoms with Crippen LogP contribution >= 0.6 is 0 Å². The molecular formula is C14H19FO4S. The summed E-state index contributed by atoms with van der Waals surface area (Å²) in [6, 6.07) is 4.80. The highest BCUT2D eigenvalue weighted by atomic mass is 32.2. The third-order valence-electron chi connectivity index (χ3n) is 3.65. The Kier molecular flexibility index (Phi) is 4.65. The maximum absolute atomic E-state index is 13.9. The third-order valence-corrected chi connectivity index (χ3v) is 5.49. The number of hydrogen-bond acceptors (Lipinski definition) is 4. The van der Waals surface area contributed by atoms with Crippen LogP contribution in [0.3, 0.4) is 0 Å². The molecule has 0 bridgehead atoms. The molecule has 4 nitrogen and oxygen atoms in total. The first-order chi connectivity index (χ1) is 9.41. The van der Waals surface area contributed by atoms with Gasteiger partial charge in [0, 0.05) is 6.42 Å². The summed E-state index contributed by atoms with van der Waals surface area (Å²) in [5.41, 5.74) is 0.387. The van der Waals surface area contributed by atoms with E-state index in [0.717, 1.165) is 0 Å². The third kappa shape index (κ3) is 3.70. The van der Waals surface area contributed by atoms with E-state index in [1.165, 1.54) is 13.2 Å². The van der Waals surface area contributed by atoms with Crippen LogP contribution in [0.15, 0.2) is 18.2 Å². The molecular weight excluding hydrogens is 283 g/mol. The van der Waals surface area contributed by atoms with Crippen molar-refractivity contribution in [2.45, 2.75) is 25.4 Å². The van der Waals surface area contributed by atoms with Crippen LogP contribution in [-0.2, 0) is 16.3 Å². The first kappa shape index (κ1) is 15.3. The highest BCUT2D eigenvalue weighted by Gasteiger charge is 2.29. The molecule has 0 radical (unpaired) electrons. The average molecular weight is 302 g/mol. The van der Waals surface area contributed by atoms with Gasteiger partial charge in [0.2, 0.25) is 0 Å². The second-order valence-corrected chi connectivity index (χ2v) is 7.52. The number of aliphatic hydroxyl groups excluding tert-OH is 1. The van der Waals surface area contributed by atoms with E-state index in [4.69, 9.17) is 4.74 Å². The topological polar surface area (TPSA) is 63.6 Å². The fourth-order valence-electron chi connectivity index (χ4n) is 2.65. The average Bonchev–Trinajstić information content (AvgIpc) is 2.71. The van der Waals surface area contributed by atoms with Crippen molar-refractivity contribution >= 4 is 9.84 Å². The van der Waals surface area contributed by atoms with Crippen LogP contribution in [0.5, 0.6) is 5.75 Å². The number of aliphatic hydroxyl groups is 1. The number of benzene rings is 1. The van der Waals surface area contributed by atoms with Crippen molar-refractivity contribution in [1.29, 1.82) is 0 Å². The number of sulfone groups is 1. The minimum atomic E-state index is -2.94. The van der Waals surface area contributed by atoms with E-state index in [9.17, 15) is 17.9 Å². The number of methoxy groups -OCH3 is 1. The zero-order valence-electron chi connectivity index (χ0n) is 11.4. The predicted molar refractivity (Wildman–Crippen MR) is 74.0 cm³/mol. The largest absolute Gasteiger partial charge is 0.494 e. The van der Waals surface area contributed by atoms with E-state index in [1.807, 2.05) is 0 Å². The monoisotopic (exact) mass is 302 g/mol. The molecule has 1 fully saturated rings. The smallest absolute Gasteiger partial charge is 0.168 e. The second-order valence-electron chi connectivity index (χ2n) is 5.30. The summed E-state index contributed by atoms with van der Waals surface area (Å²) in [7, 11) is -1.55. The van der Waals surface area contributed by atoms with Crippen LogP contribution < -0.4 is 4.74 Å². The zero-order chi connectivity index (χ0) is 14.8. The minimum Gasteiger partial charge on any atom is -0.494 e. The maximum atomic E-state index is 13.9. The molecule has 2 rings (SSSR count). The Hall–Kier alpha value is -1.14. The summed E-state index contributed by atoms with van der Waals surface area (Å²) >= 11 is 0. The molecule has 20 heavy (non-hydrogen) atoms. The molecule has 0 aromatic heterocycles. The summed E-state index contributed by atoms with van der Waals surface area (Å²) in [4.78, 5) is 0. The lowest BCUT2D eigenvalue weighted by molar-refractivity contribution is 0.145. The minimum absolute atomic E-state index is 0.0244. The fraction of sp³-hybridized carbons (Fsp3) is 0.571. The lowest BCUT2D eigenvalue weighted by atomic mass is 9.96. The van der Waals surface area contributed by atoms with Gasteiger partial charge in [0.15, 0.2) is 21.4 Å². The summed E-state index contributed by atoms with van der Waals surface area (Å²) in [6.07, 6.45) is 0.394. The molecule has 1 N–H and O–H groups in total. The predicted octanol–water partition coefficient (Wildman–Crippen LogP) is 1.56. The quantitative estimate of drug-likeness (QED) is 0.896. The van der Waals surface area contributed by atoms with Gasteiger partial charge in [-0.1, -0.05) is 12.1 Å². The fourth-order valence-corrected chi connectivity index (χ4v) is 4.53. The van der Waals surface area contributed by atoms with Crippen LogP contribution in [-0.4, -0.2) is 38.2 Å². The lowest BCUT2D eigenvalue weighted by Gasteiger charge is -2.15. The van der Waals surface area contributed by atoms with E-state index in [-0.39, 0.29) is 29.6 Å². The van der Waals surface area contributed by atoms with Crippen molar-refractivity contribution in [3.05, 3.63) is 29.6 Å². The molecule has 1 aromatic rings. The van der Waals surface area contributed by atoms with Crippen LogP contribution in [0.4, 0.5) is 4.39 Å². The van der Waals surface area contributed by atoms with Crippen LogP contribution in [0.2, 0.25) is 0 Å². The summed E-state index contributed by atoms with van der Waals surface area (Å²) in [5, 5.41) is 10.0. The van der Waals surface area contributed by atoms with E-state index >= 15 is 0 Å². The van der Waals surface area contributed by atoms with Gasteiger partial charge in [-0.15, -0.1) is 0 Å². The van der Waals surface area contributed by atoms with Crippen molar-refractivity contribution in [2.75, 3.05) is 18.6 Å². The van der Waals surface area contributed by atoms with E-state index in [0.29, 0.717) is 18.4 Å². The summed E-state index contributed by atoms with van der Waals surface area (Å²) < 4.78 is 41.6. The van der Waals surface area contributed by atoms with Crippen LogP contribution in [0.25, 0.3) is 0 Å². The van der Waals surface area contributed by atoms with Crippen molar-refractivity contribution < 1.29 is 22.7 Å². The molecule has 1 aromatic carbocycles. The Balaban J connectivity index is 1.97. The number of ether oxygens (including phenoxy) is 1. The van der Waals surface area contributed by atoms with Crippen molar-refractivity contribution in [1.82, 2.24) is 0 Å². The molecule has 6 heteroatoms. The number of hydrogen-bond donors (Lipinski definition) is 1. The Labute approximate surface area is 118 Å². The molecule has 0 aliphatic carbocycles. The molecule has 1 aliphatic rings. The Morgan fingerprint density at radius 1 is 1.50 bits per heavy atom. The van der Waals surface area contributed by atoms with Gasteiger partial charge in [-0.25, -0.2) is 12.8 Å². The lowest BCUT2D eigenvalue weighted by Crippen LogP contribution is -2.18. The normalized spacial score (nSPS) is 22.6. The molecule has 1 aliphatic heterocycles. The Morgan fingerprint density at radius 2 is 2.25 bits per heavy atom. The van der Waals surface area contributed by atoms with Gasteiger partial charge in [0.1, 0.15) is 0 Å². The summed E-state index contributed by atoms with van der Waals surface area (Å²) in [5.74, 6) is -0.0161. The van der Waals surface area contributed by atoms with Gasteiger partial charge < -0.3 is 9.84 Å². The van der Waals surface area contributed by atoms with Crippen LogP contribution in [0, 0.1) is 11.7 Å². The number of halogens is 1. The van der Waals surface area contributed by atoms with Crippen molar-refractivity contribution in [3.8, 4) is 5.75 Å². The molecule has 1 heterocycles. The molecule has 0 saturated carbocycles. The number of rotatable bonds is 5. The van der Waals surface area contributed by atoms with Gasteiger partial charge >= 0.3 is 0 Å². The second kappa shape index (κ2) is 6.10. The van der Waals surface area contributed by atoms with Crippen molar-refractivity contribution in [2.24, 2.45) is 5.92 Å². The van der Waals surface area contributed by atoms with Crippen LogP contribution in [0.1, 0.15) is 18.4 Å².